The summed E-state index contributed by atoms with van der Waals surface area (Å²) in [4.78, 5) is 37.7. The van der Waals surface area contributed by atoms with Crippen LogP contribution in [0.4, 0.5) is 0 Å². The van der Waals surface area contributed by atoms with E-state index in [4.69, 9.17) is 0 Å². The molecular formula is C24H36N2O5. The van der Waals surface area contributed by atoms with Crippen LogP contribution in [-0.4, -0.2) is 48.7 Å². The molecule has 0 aliphatic rings. The van der Waals surface area contributed by atoms with Crippen LogP contribution in [0.3, 0.4) is 0 Å². The number of methoxy groups -OCH3 is 1. The predicted octanol–water partition coefficient (Wildman–Crippen LogP) is 2.69. The summed E-state index contributed by atoms with van der Waals surface area (Å²) in [6.07, 6.45) is 3.76. The highest BCUT2D eigenvalue weighted by Gasteiger charge is 2.38. The zero-order chi connectivity index (χ0) is 23.4. The van der Waals surface area contributed by atoms with E-state index in [1.165, 1.54) is 0 Å². The number of aliphatic hydroxyl groups is 1. The highest BCUT2D eigenvalue weighted by molar-refractivity contribution is 5.91. The first-order valence-electron chi connectivity index (χ1n) is 10.7. The summed E-state index contributed by atoms with van der Waals surface area (Å²) in [6.45, 7) is 8.08. The molecule has 0 aliphatic heterocycles. The van der Waals surface area contributed by atoms with Gasteiger partial charge in [0.1, 0.15) is 6.04 Å². The smallest absolute Gasteiger partial charge is 0.335 e. The summed E-state index contributed by atoms with van der Waals surface area (Å²) in [5, 5.41) is 16.0. The number of ether oxygens (including phenoxy) is 1. The van der Waals surface area contributed by atoms with Crippen molar-refractivity contribution in [3.63, 3.8) is 0 Å². The number of benzene rings is 1. The van der Waals surface area contributed by atoms with Crippen LogP contribution in [-0.2, 0) is 19.1 Å². The Balaban J connectivity index is 3.00. The van der Waals surface area contributed by atoms with Gasteiger partial charge in [-0.2, -0.15) is 0 Å². The van der Waals surface area contributed by atoms with Crippen LogP contribution in [0.5, 0.6) is 0 Å². The third kappa shape index (κ3) is 8.92. The van der Waals surface area contributed by atoms with Gasteiger partial charge in [0.15, 0.2) is 6.10 Å². The largest absolute Gasteiger partial charge is 0.467 e. The monoisotopic (exact) mass is 432 g/mol. The van der Waals surface area contributed by atoms with E-state index in [0.29, 0.717) is 6.54 Å². The third-order valence-electron chi connectivity index (χ3n) is 4.90. The van der Waals surface area contributed by atoms with Crippen LogP contribution in [0.1, 0.15) is 52.5 Å². The molecule has 1 unspecified atom stereocenters. The number of nitrogens with one attached hydrogen (secondary N) is 2. The van der Waals surface area contributed by atoms with E-state index in [1.807, 2.05) is 64.1 Å². The van der Waals surface area contributed by atoms with Gasteiger partial charge in [-0.15, -0.1) is 0 Å². The summed E-state index contributed by atoms with van der Waals surface area (Å²) in [6, 6.07) is 8.66. The van der Waals surface area contributed by atoms with Gasteiger partial charge in [-0.25, -0.2) is 4.79 Å². The second-order valence-corrected chi connectivity index (χ2v) is 8.58. The molecule has 0 saturated carbocycles. The Morgan fingerprint density at radius 1 is 1.13 bits per heavy atom. The van der Waals surface area contributed by atoms with Gasteiger partial charge in [0.2, 0.25) is 11.8 Å². The van der Waals surface area contributed by atoms with Crippen LogP contribution in [0.2, 0.25) is 0 Å². The van der Waals surface area contributed by atoms with E-state index >= 15 is 0 Å². The number of rotatable bonds is 11. The molecule has 0 spiro atoms. The summed E-state index contributed by atoms with van der Waals surface area (Å²) in [5.41, 5.74) is 0.365. The van der Waals surface area contributed by atoms with Crippen molar-refractivity contribution in [2.45, 2.75) is 59.1 Å². The van der Waals surface area contributed by atoms with Crippen LogP contribution >= 0.6 is 0 Å². The maximum absolute atomic E-state index is 13.0. The molecule has 0 saturated heterocycles. The zero-order valence-corrected chi connectivity index (χ0v) is 19.2. The number of hydrogen-bond donors (Lipinski definition) is 3. The lowest BCUT2D eigenvalue weighted by Crippen LogP contribution is -2.56. The summed E-state index contributed by atoms with van der Waals surface area (Å²) in [5.74, 6) is -2.87. The first-order valence-corrected chi connectivity index (χ1v) is 10.7. The molecule has 0 bridgehead atoms. The Kier molecular flexibility index (Phi) is 11.0. The number of unbranched alkanes of at least 4 members (excludes halogenated alkanes) is 1. The molecule has 172 valence electrons. The number of hydrogen-bond acceptors (Lipinski definition) is 5. The molecule has 3 N–H and O–H groups in total. The first-order chi connectivity index (χ1) is 14.6. The topological polar surface area (TPSA) is 105 Å². The molecule has 0 aliphatic carbocycles. The van der Waals surface area contributed by atoms with Crippen molar-refractivity contribution in [2.75, 3.05) is 13.7 Å². The third-order valence-corrected chi connectivity index (χ3v) is 4.90. The predicted molar refractivity (Wildman–Crippen MR) is 121 cm³/mol. The number of esters is 1. The van der Waals surface area contributed by atoms with Gasteiger partial charge >= 0.3 is 5.97 Å². The van der Waals surface area contributed by atoms with Crippen molar-refractivity contribution in [3.05, 3.63) is 42.0 Å². The summed E-state index contributed by atoms with van der Waals surface area (Å²) < 4.78 is 4.62. The lowest BCUT2D eigenvalue weighted by molar-refractivity contribution is -0.157. The van der Waals surface area contributed by atoms with Gasteiger partial charge < -0.3 is 20.5 Å². The SMILES string of the molecule is CCCCNC(=O)C(NC(=O)[C@H](C/C=C/c1ccccc1)[C@H](O)C(=O)OC)C(C)(C)C. The van der Waals surface area contributed by atoms with E-state index in [0.717, 1.165) is 25.5 Å². The van der Waals surface area contributed by atoms with Gasteiger partial charge in [0.05, 0.1) is 13.0 Å². The highest BCUT2D eigenvalue weighted by atomic mass is 16.5. The Morgan fingerprint density at radius 2 is 1.77 bits per heavy atom. The minimum atomic E-state index is -1.64. The maximum atomic E-state index is 13.0. The quantitative estimate of drug-likeness (QED) is 0.368. The number of amides is 2. The van der Waals surface area contributed by atoms with Crippen LogP contribution in [0.15, 0.2) is 36.4 Å². The molecular weight excluding hydrogens is 396 g/mol. The molecule has 0 radical (unpaired) electrons. The first kappa shape index (κ1) is 26.4. The summed E-state index contributed by atoms with van der Waals surface area (Å²) >= 11 is 0. The van der Waals surface area contributed by atoms with Crippen LogP contribution in [0.25, 0.3) is 6.08 Å². The van der Waals surface area contributed by atoms with Crippen molar-refractivity contribution < 1.29 is 24.2 Å². The van der Waals surface area contributed by atoms with Crippen LogP contribution < -0.4 is 10.6 Å². The average Bonchev–Trinajstić information content (AvgIpc) is 2.73. The van der Waals surface area contributed by atoms with Gasteiger partial charge in [0.25, 0.3) is 0 Å². The molecule has 2 amide bonds. The lowest BCUT2D eigenvalue weighted by Gasteiger charge is -2.32. The molecule has 7 heteroatoms. The summed E-state index contributed by atoms with van der Waals surface area (Å²) in [7, 11) is 1.15. The second-order valence-electron chi connectivity index (χ2n) is 8.58. The molecule has 0 aromatic heterocycles. The molecule has 1 aromatic carbocycles. The fraction of sp³-hybridized carbons (Fsp3) is 0.542. The number of aliphatic hydroxyl groups excluding tert-OH is 1. The van der Waals surface area contributed by atoms with Crippen molar-refractivity contribution in [3.8, 4) is 0 Å². The van der Waals surface area contributed by atoms with Crippen molar-refractivity contribution in [1.29, 1.82) is 0 Å². The van der Waals surface area contributed by atoms with Crippen molar-refractivity contribution in [2.24, 2.45) is 11.3 Å². The number of carbonyl (C=O) groups excluding carboxylic acids is 3. The van der Waals surface area contributed by atoms with E-state index in [9.17, 15) is 19.5 Å². The lowest BCUT2D eigenvalue weighted by atomic mass is 9.85. The molecule has 0 fully saturated rings. The van der Waals surface area contributed by atoms with E-state index < -0.39 is 35.4 Å². The normalized spacial score (nSPS) is 14.5. The minimum absolute atomic E-state index is 0.102. The van der Waals surface area contributed by atoms with Gasteiger partial charge in [-0.3, -0.25) is 9.59 Å². The van der Waals surface area contributed by atoms with E-state index in [2.05, 4.69) is 15.4 Å². The van der Waals surface area contributed by atoms with Gasteiger partial charge in [0, 0.05) is 6.54 Å². The van der Waals surface area contributed by atoms with E-state index in [1.54, 1.807) is 6.08 Å². The second kappa shape index (κ2) is 12.9. The van der Waals surface area contributed by atoms with Crippen LogP contribution in [0, 0.1) is 11.3 Å². The molecule has 3 atom stereocenters. The molecule has 0 heterocycles. The number of carbonyl (C=O) groups is 3. The average molecular weight is 433 g/mol. The highest BCUT2D eigenvalue weighted by Crippen LogP contribution is 2.22. The minimum Gasteiger partial charge on any atom is -0.467 e. The zero-order valence-electron chi connectivity index (χ0n) is 19.2. The molecule has 7 nitrogen and oxygen atoms in total. The van der Waals surface area contributed by atoms with Crippen molar-refractivity contribution >= 4 is 23.9 Å². The Hall–Kier alpha value is -2.67. The Labute approximate surface area is 185 Å². The fourth-order valence-electron chi connectivity index (χ4n) is 2.99. The standard InChI is InChI=1S/C24H36N2O5/c1-6-7-16-25-22(29)20(24(2,3)4)26-21(28)18(19(27)23(30)31-5)15-11-14-17-12-9-8-10-13-17/h8-14,18-20,27H,6-7,15-16H2,1-5H3,(H,25,29)(H,26,28)/b14-11+/t18-,19+,20?/m1/s1. The van der Waals surface area contributed by atoms with Gasteiger partial charge in [-0.1, -0.05) is 76.6 Å². The maximum Gasteiger partial charge on any atom is 0.335 e. The van der Waals surface area contributed by atoms with E-state index in [-0.39, 0.29) is 12.3 Å². The van der Waals surface area contributed by atoms with Gasteiger partial charge in [-0.05, 0) is 23.8 Å². The Bertz CT molecular complexity index is 740. The van der Waals surface area contributed by atoms with Crippen molar-refractivity contribution in [1.82, 2.24) is 10.6 Å². The fourth-order valence-corrected chi connectivity index (χ4v) is 2.99. The molecule has 1 rings (SSSR count). The molecule has 1 aromatic rings. The molecule has 31 heavy (non-hydrogen) atoms. The Morgan fingerprint density at radius 3 is 2.32 bits per heavy atom. The number of allylic oxidation sites excluding steroid dienone is 1.